The van der Waals surface area contributed by atoms with Gasteiger partial charge in [0, 0.05) is 24.1 Å². The molecule has 1 aliphatic rings. The molecule has 1 unspecified atom stereocenters. The van der Waals surface area contributed by atoms with E-state index < -0.39 is 14.6 Å². The van der Waals surface area contributed by atoms with Gasteiger partial charge in [0.25, 0.3) is 0 Å². The Morgan fingerprint density at radius 3 is 2.19 bits per heavy atom. The fraction of sp³-hybridized carbons (Fsp3) is 1.00. The molecular formula is C16H33NO3S. The first-order valence-electron chi connectivity index (χ1n) is 7.92. The van der Waals surface area contributed by atoms with Gasteiger partial charge in [-0.1, -0.05) is 0 Å². The third kappa shape index (κ3) is 5.87. The fourth-order valence-corrected chi connectivity index (χ4v) is 3.76. The van der Waals surface area contributed by atoms with E-state index in [0.717, 1.165) is 26.0 Å². The van der Waals surface area contributed by atoms with Crippen LogP contribution in [0.5, 0.6) is 0 Å². The van der Waals surface area contributed by atoms with Gasteiger partial charge in [-0.15, -0.1) is 0 Å². The first-order valence-corrected chi connectivity index (χ1v) is 9.57. The summed E-state index contributed by atoms with van der Waals surface area (Å²) in [6, 6.07) is 0. The number of sulfone groups is 1. The summed E-state index contributed by atoms with van der Waals surface area (Å²) in [4.78, 5) is 0. The maximum Gasteiger partial charge on any atom is 0.155 e. The maximum atomic E-state index is 12.4. The largest absolute Gasteiger partial charge is 0.381 e. The van der Waals surface area contributed by atoms with E-state index in [0.29, 0.717) is 13.0 Å². The molecule has 1 atom stereocenters. The van der Waals surface area contributed by atoms with Crippen LogP contribution in [0, 0.1) is 5.41 Å². The topological polar surface area (TPSA) is 55.4 Å². The van der Waals surface area contributed by atoms with Crippen molar-refractivity contribution in [3.05, 3.63) is 0 Å². The van der Waals surface area contributed by atoms with Crippen molar-refractivity contribution in [1.82, 2.24) is 5.32 Å². The van der Waals surface area contributed by atoms with Crippen LogP contribution in [0.2, 0.25) is 0 Å². The second-order valence-corrected chi connectivity index (χ2v) is 11.3. The van der Waals surface area contributed by atoms with Crippen molar-refractivity contribution in [1.29, 1.82) is 0 Å². The highest BCUT2D eigenvalue weighted by atomic mass is 32.2. The van der Waals surface area contributed by atoms with E-state index in [1.165, 1.54) is 0 Å². The zero-order valence-electron chi connectivity index (χ0n) is 14.6. The Kier molecular flexibility index (Phi) is 5.90. The first kappa shape index (κ1) is 18.9. The van der Waals surface area contributed by atoms with Crippen molar-refractivity contribution in [2.45, 2.75) is 71.1 Å². The number of nitrogens with one attached hydrogen (secondary N) is 1. The summed E-state index contributed by atoms with van der Waals surface area (Å²) in [5.41, 5.74) is -0.0167. The van der Waals surface area contributed by atoms with Gasteiger partial charge in [0.15, 0.2) is 9.84 Å². The first-order chi connectivity index (χ1) is 9.37. The molecule has 1 N–H and O–H groups in total. The zero-order chi connectivity index (χ0) is 16.4. The van der Waals surface area contributed by atoms with E-state index in [9.17, 15) is 8.42 Å². The maximum absolute atomic E-state index is 12.4. The molecule has 0 aromatic carbocycles. The average Bonchev–Trinajstić information content (AvgIpc) is 2.33. The lowest BCUT2D eigenvalue weighted by Gasteiger charge is -2.40. The Labute approximate surface area is 130 Å². The molecule has 21 heavy (non-hydrogen) atoms. The van der Waals surface area contributed by atoms with Gasteiger partial charge < -0.3 is 10.1 Å². The predicted molar refractivity (Wildman–Crippen MR) is 88.4 cm³/mol. The van der Waals surface area contributed by atoms with Crippen LogP contribution < -0.4 is 5.32 Å². The van der Waals surface area contributed by atoms with Crippen molar-refractivity contribution < 1.29 is 13.2 Å². The van der Waals surface area contributed by atoms with Gasteiger partial charge in [0.2, 0.25) is 0 Å². The highest BCUT2D eigenvalue weighted by Crippen LogP contribution is 2.34. The number of rotatable bonds is 5. The molecule has 0 bridgehead atoms. The Bertz CT molecular complexity index is 423. The molecular weight excluding hydrogens is 286 g/mol. The quantitative estimate of drug-likeness (QED) is 0.846. The van der Waals surface area contributed by atoms with Gasteiger partial charge >= 0.3 is 0 Å². The van der Waals surface area contributed by atoms with E-state index >= 15 is 0 Å². The summed E-state index contributed by atoms with van der Waals surface area (Å²) in [6.45, 7) is 14.0. The smallest absolute Gasteiger partial charge is 0.155 e. The van der Waals surface area contributed by atoms with Gasteiger partial charge in [0.1, 0.15) is 0 Å². The van der Waals surface area contributed by atoms with Gasteiger partial charge in [-0.05, 0) is 60.8 Å². The number of hydrogen-bond acceptors (Lipinski definition) is 4. The molecule has 1 heterocycles. The Morgan fingerprint density at radius 2 is 1.76 bits per heavy atom. The normalized spacial score (nSPS) is 25.0. The molecule has 0 amide bonds. The SMILES string of the molecule is CC(C)(C)NCC1(CCS(=O)(=O)C(C)(C)C)CCCOC1. The minimum atomic E-state index is -3.07. The van der Waals surface area contributed by atoms with Crippen molar-refractivity contribution in [3.63, 3.8) is 0 Å². The minimum absolute atomic E-state index is 0.0351. The van der Waals surface area contributed by atoms with Crippen LogP contribution in [0.4, 0.5) is 0 Å². The van der Waals surface area contributed by atoms with E-state index in [1.54, 1.807) is 20.8 Å². The van der Waals surface area contributed by atoms with Crippen LogP contribution in [-0.2, 0) is 14.6 Å². The lowest BCUT2D eigenvalue weighted by molar-refractivity contribution is -0.0117. The Hall–Kier alpha value is -0.130. The van der Waals surface area contributed by atoms with Gasteiger partial charge in [0.05, 0.1) is 17.1 Å². The van der Waals surface area contributed by atoms with Crippen LogP contribution in [0.1, 0.15) is 60.8 Å². The van der Waals surface area contributed by atoms with Crippen LogP contribution in [0.15, 0.2) is 0 Å². The van der Waals surface area contributed by atoms with Gasteiger partial charge in [-0.3, -0.25) is 0 Å². The molecule has 1 aliphatic heterocycles. The zero-order valence-corrected chi connectivity index (χ0v) is 15.4. The third-order valence-electron chi connectivity index (χ3n) is 4.23. The molecule has 1 rings (SSSR count). The number of hydrogen-bond donors (Lipinski definition) is 1. The summed E-state index contributed by atoms with van der Waals surface area (Å²) >= 11 is 0. The van der Waals surface area contributed by atoms with Gasteiger partial charge in [-0.25, -0.2) is 8.42 Å². The van der Waals surface area contributed by atoms with E-state index in [-0.39, 0.29) is 16.7 Å². The second-order valence-electron chi connectivity index (χ2n) is 8.44. The fourth-order valence-electron chi connectivity index (χ4n) is 2.44. The van der Waals surface area contributed by atoms with Crippen molar-refractivity contribution in [2.75, 3.05) is 25.5 Å². The third-order valence-corrected chi connectivity index (χ3v) is 6.84. The summed E-state index contributed by atoms with van der Waals surface area (Å²) in [6.07, 6.45) is 2.73. The molecule has 0 radical (unpaired) electrons. The van der Waals surface area contributed by atoms with E-state index in [1.807, 2.05) is 0 Å². The molecule has 0 saturated carbocycles. The standard InChI is InChI=1S/C16H33NO3S/c1-14(2,3)17-12-16(8-7-10-20-13-16)9-11-21(18,19)15(4,5)6/h17H,7-13H2,1-6H3. The highest BCUT2D eigenvalue weighted by Gasteiger charge is 2.37. The molecule has 126 valence electrons. The second kappa shape index (κ2) is 6.55. The van der Waals surface area contributed by atoms with E-state index in [4.69, 9.17) is 4.74 Å². The monoisotopic (exact) mass is 319 g/mol. The molecule has 4 nitrogen and oxygen atoms in total. The average molecular weight is 320 g/mol. The summed E-state index contributed by atoms with van der Waals surface area (Å²) in [5, 5.41) is 3.53. The van der Waals surface area contributed by atoms with Crippen LogP contribution >= 0.6 is 0 Å². The molecule has 0 aromatic rings. The molecule has 0 aliphatic carbocycles. The summed E-state index contributed by atoms with van der Waals surface area (Å²) in [7, 11) is -3.07. The van der Waals surface area contributed by atoms with Crippen molar-refractivity contribution in [3.8, 4) is 0 Å². The van der Waals surface area contributed by atoms with Crippen molar-refractivity contribution >= 4 is 9.84 Å². The lowest BCUT2D eigenvalue weighted by Crippen LogP contribution is -2.48. The molecule has 5 heteroatoms. The highest BCUT2D eigenvalue weighted by molar-refractivity contribution is 7.92. The Balaban J connectivity index is 2.75. The van der Waals surface area contributed by atoms with Crippen LogP contribution in [0.3, 0.4) is 0 Å². The molecule has 1 fully saturated rings. The Morgan fingerprint density at radius 1 is 1.14 bits per heavy atom. The molecule has 0 aromatic heterocycles. The minimum Gasteiger partial charge on any atom is -0.381 e. The lowest BCUT2D eigenvalue weighted by atomic mass is 9.79. The summed E-state index contributed by atoms with van der Waals surface area (Å²) < 4.78 is 29.7. The summed E-state index contributed by atoms with van der Waals surface area (Å²) in [5.74, 6) is 0.242. The predicted octanol–water partition coefficient (Wildman–Crippen LogP) is 2.77. The number of ether oxygens (including phenoxy) is 1. The van der Waals surface area contributed by atoms with Gasteiger partial charge in [-0.2, -0.15) is 0 Å². The molecule has 1 saturated heterocycles. The van der Waals surface area contributed by atoms with Crippen LogP contribution in [0.25, 0.3) is 0 Å². The molecule has 0 spiro atoms. The van der Waals surface area contributed by atoms with Crippen LogP contribution in [-0.4, -0.2) is 44.2 Å². The van der Waals surface area contributed by atoms with Crippen molar-refractivity contribution in [2.24, 2.45) is 5.41 Å². The van der Waals surface area contributed by atoms with E-state index in [2.05, 4.69) is 26.1 Å².